The molecule has 0 spiro atoms. The van der Waals surface area contributed by atoms with Crippen molar-refractivity contribution in [2.75, 3.05) is 12.3 Å². The van der Waals surface area contributed by atoms with Gasteiger partial charge in [0.15, 0.2) is 0 Å². The fourth-order valence-corrected chi connectivity index (χ4v) is 3.26. The summed E-state index contributed by atoms with van der Waals surface area (Å²) < 4.78 is 2.24. The van der Waals surface area contributed by atoms with E-state index in [9.17, 15) is 4.79 Å². The molecule has 0 bridgehead atoms. The van der Waals surface area contributed by atoms with E-state index in [4.69, 9.17) is 10.7 Å². The van der Waals surface area contributed by atoms with Crippen LogP contribution in [0.25, 0.3) is 11.0 Å². The summed E-state index contributed by atoms with van der Waals surface area (Å²) in [5.41, 5.74) is 9.83. The van der Waals surface area contributed by atoms with Gasteiger partial charge >= 0.3 is 0 Å². The van der Waals surface area contributed by atoms with E-state index in [1.807, 2.05) is 42.5 Å². The number of fused-ring (bicyclic) bond motifs is 1. The number of aromatic nitrogens is 2. The zero-order valence-electron chi connectivity index (χ0n) is 15.4. The molecule has 0 aliphatic rings. The Bertz CT molecular complexity index is 898. The monoisotopic (exact) mass is 350 g/mol. The number of nitrogen functional groups attached to an aromatic ring is 1. The first-order chi connectivity index (χ1) is 12.6. The Hall–Kier alpha value is -2.82. The molecule has 1 aromatic heterocycles. The first kappa shape index (κ1) is 18.0. The van der Waals surface area contributed by atoms with Crippen LogP contribution in [0.2, 0.25) is 0 Å². The Morgan fingerprint density at radius 2 is 1.85 bits per heavy atom. The highest BCUT2D eigenvalue weighted by molar-refractivity contribution is 5.77. The minimum absolute atomic E-state index is 0.0421. The molecule has 5 nitrogen and oxygen atoms in total. The molecule has 0 aliphatic carbocycles. The number of hydrogen-bond donors (Lipinski definition) is 2. The summed E-state index contributed by atoms with van der Waals surface area (Å²) in [6, 6.07) is 16.2. The van der Waals surface area contributed by atoms with Gasteiger partial charge in [0, 0.05) is 31.1 Å². The third-order valence-corrected chi connectivity index (χ3v) is 4.53. The third kappa shape index (κ3) is 4.04. The molecule has 3 aromatic rings. The van der Waals surface area contributed by atoms with Crippen molar-refractivity contribution in [3.63, 3.8) is 0 Å². The molecule has 0 aliphatic heterocycles. The van der Waals surface area contributed by atoms with E-state index in [0.717, 1.165) is 28.1 Å². The lowest BCUT2D eigenvalue weighted by atomic mass is 10.1. The number of nitrogens with two attached hydrogens (primary N) is 1. The van der Waals surface area contributed by atoms with Crippen LogP contribution in [0.3, 0.4) is 0 Å². The molecule has 0 fully saturated rings. The first-order valence-electron chi connectivity index (χ1n) is 9.12. The third-order valence-electron chi connectivity index (χ3n) is 4.53. The van der Waals surface area contributed by atoms with Gasteiger partial charge in [0.05, 0.1) is 11.0 Å². The standard InChI is InChI=1S/C21H26N4O/c1-15(2)25-19-10-6-5-9-18(19)24-20(25)13-14-23-21(26)12-11-16-7-3-4-8-17(16)22/h3-10,15H,11-14,22H2,1-2H3,(H,23,26). The fourth-order valence-electron chi connectivity index (χ4n) is 3.26. The molecule has 0 saturated heterocycles. The highest BCUT2D eigenvalue weighted by atomic mass is 16.1. The number of hydrogen-bond acceptors (Lipinski definition) is 3. The van der Waals surface area contributed by atoms with Crippen LogP contribution >= 0.6 is 0 Å². The van der Waals surface area contributed by atoms with Crippen molar-refractivity contribution >= 4 is 22.6 Å². The van der Waals surface area contributed by atoms with Crippen LogP contribution in [0.15, 0.2) is 48.5 Å². The number of rotatable bonds is 7. The normalized spacial score (nSPS) is 11.2. The average Bonchev–Trinajstić information content (AvgIpc) is 2.99. The molecule has 1 amide bonds. The van der Waals surface area contributed by atoms with Gasteiger partial charge in [-0.1, -0.05) is 30.3 Å². The van der Waals surface area contributed by atoms with Gasteiger partial charge in [0.25, 0.3) is 0 Å². The smallest absolute Gasteiger partial charge is 0.220 e. The van der Waals surface area contributed by atoms with Crippen molar-refractivity contribution in [2.45, 2.75) is 39.2 Å². The number of carbonyl (C=O) groups excluding carboxylic acids is 1. The number of carbonyl (C=O) groups is 1. The molecule has 5 heteroatoms. The number of anilines is 1. The van der Waals surface area contributed by atoms with Crippen LogP contribution in [-0.2, 0) is 17.6 Å². The zero-order chi connectivity index (χ0) is 18.5. The lowest BCUT2D eigenvalue weighted by Gasteiger charge is -2.13. The van der Waals surface area contributed by atoms with Crippen molar-refractivity contribution in [1.29, 1.82) is 0 Å². The van der Waals surface area contributed by atoms with E-state index in [1.165, 1.54) is 0 Å². The van der Waals surface area contributed by atoms with Gasteiger partial charge in [-0.3, -0.25) is 4.79 Å². The van der Waals surface area contributed by atoms with Crippen molar-refractivity contribution in [3.8, 4) is 0 Å². The van der Waals surface area contributed by atoms with E-state index in [-0.39, 0.29) is 5.91 Å². The summed E-state index contributed by atoms with van der Waals surface area (Å²) in [6.07, 6.45) is 1.81. The molecule has 0 radical (unpaired) electrons. The minimum Gasteiger partial charge on any atom is -0.399 e. The molecule has 3 N–H and O–H groups in total. The second kappa shape index (κ2) is 8.04. The Kier molecular flexibility index (Phi) is 5.56. The quantitative estimate of drug-likeness (QED) is 0.641. The molecule has 1 heterocycles. The summed E-state index contributed by atoms with van der Waals surface area (Å²) in [7, 11) is 0. The molecular weight excluding hydrogens is 324 g/mol. The van der Waals surface area contributed by atoms with Gasteiger partial charge in [0.1, 0.15) is 5.82 Å². The fraction of sp³-hybridized carbons (Fsp3) is 0.333. The number of amides is 1. The van der Waals surface area contributed by atoms with Crippen LogP contribution < -0.4 is 11.1 Å². The van der Waals surface area contributed by atoms with Crippen LogP contribution in [0.5, 0.6) is 0 Å². The number of benzene rings is 2. The van der Waals surface area contributed by atoms with Crippen molar-refractivity contribution in [1.82, 2.24) is 14.9 Å². The highest BCUT2D eigenvalue weighted by Crippen LogP contribution is 2.21. The van der Waals surface area contributed by atoms with Gasteiger partial charge in [0.2, 0.25) is 5.91 Å². The molecule has 0 unspecified atom stereocenters. The summed E-state index contributed by atoms with van der Waals surface area (Å²) in [4.78, 5) is 16.9. The molecule has 3 rings (SSSR count). The maximum Gasteiger partial charge on any atom is 0.220 e. The summed E-state index contributed by atoms with van der Waals surface area (Å²) in [6.45, 7) is 4.89. The predicted molar refractivity (Wildman–Crippen MR) is 106 cm³/mol. The summed E-state index contributed by atoms with van der Waals surface area (Å²) >= 11 is 0. The predicted octanol–water partition coefficient (Wildman–Crippen LogP) is 3.49. The molecule has 2 aromatic carbocycles. The van der Waals surface area contributed by atoms with E-state index in [0.29, 0.717) is 31.8 Å². The Morgan fingerprint density at radius 3 is 2.62 bits per heavy atom. The highest BCUT2D eigenvalue weighted by Gasteiger charge is 2.13. The number of para-hydroxylation sites is 3. The van der Waals surface area contributed by atoms with Gasteiger partial charge in [-0.2, -0.15) is 0 Å². The number of nitrogens with zero attached hydrogens (tertiary/aromatic N) is 2. The van der Waals surface area contributed by atoms with E-state index < -0.39 is 0 Å². The molecule has 26 heavy (non-hydrogen) atoms. The number of imidazole rings is 1. The van der Waals surface area contributed by atoms with Crippen LogP contribution in [-0.4, -0.2) is 22.0 Å². The second-order valence-corrected chi connectivity index (χ2v) is 6.78. The summed E-state index contributed by atoms with van der Waals surface area (Å²) in [5.74, 6) is 1.05. The summed E-state index contributed by atoms with van der Waals surface area (Å²) in [5, 5.41) is 3.00. The molecular formula is C21H26N4O. The van der Waals surface area contributed by atoms with Crippen LogP contribution in [0.1, 0.15) is 37.7 Å². The lowest BCUT2D eigenvalue weighted by Crippen LogP contribution is -2.27. The van der Waals surface area contributed by atoms with Gasteiger partial charge in [-0.25, -0.2) is 4.98 Å². The number of aryl methyl sites for hydroxylation is 1. The van der Waals surface area contributed by atoms with Gasteiger partial charge < -0.3 is 15.6 Å². The van der Waals surface area contributed by atoms with E-state index in [2.05, 4.69) is 29.8 Å². The van der Waals surface area contributed by atoms with Gasteiger partial charge in [-0.15, -0.1) is 0 Å². The largest absolute Gasteiger partial charge is 0.399 e. The minimum atomic E-state index is 0.0421. The maximum atomic E-state index is 12.1. The average molecular weight is 350 g/mol. The lowest BCUT2D eigenvalue weighted by molar-refractivity contribution is -0.121. The van der Waals surface area contributed by atoms with E-state index in [1.54, 1.807) is 0 Å². The molecule has 0 saturated carbocycles. The van der Waals surface area contributed by atoms with Crippen molar-refractivity contribution < 1.29 is 4.79 Å². The Morgan fingerprint density at radius 1 is 1.12 bits per heavy atom. The maximum absolute atomic E-state index is 12.1. The SMILES string of the molecule is CC(C)n1c(CCNC(=O)CCc2ccccc2N)nc2ccccc21. The van der Waals surface area contributed by atoms with Crippen LogP contribution in [0.4, 0.5) is 5.69 Å². The molecule has 136 valence electrons. The van der Waals surface area contributed by atoms with Crippen molar-refractivity contribution in [3.05, 3.63) is 59.9 Å². The van der Waals surface area contributed by atoms with E-state index >= 15 is 0 Å². The Balaban J connectivity index is 1.56. The topological polar surface area (TPSA) is 72.9 Å². The van der Waals surface area contributed by atoms with Crippen molar-refractivity contribution in [2.24, 2.45) is 0 Å². The first-order valence-corrected chi connectivity index (χ1v) is 9.12. The Labute approximate surface area is 154 Å². The molecule has 0 atom stereocenters. The second-order valence-electron chi connectivity index (χ2n) is 6.78. The van der Waals surface area contributed by atoms with Crippen LogP contribution in [0, 0.1) is 0 Å². The number of nitrogens with one attached hydrogen (secondary N) is 1. The zero-order valence-corrected chi connectivity index (χ0v) is 15.4. The van der Waals surface area contributed by atoms with Gasteiger partial charge in [-0.05, 0) is 44.0 Å².